The van der Waals surface area contributed by atoms with E-state index in [2.05, 4.69) is 34.5 Å². The van der Waals surface area contributed by atoms with E-state index in [4.69, 9.17) is 56.4 Å². The van der Waals surface area contributed by atoms with E-state index in [0.717, 1.165) is 25.8 Å². The number of rotatable bonds is 28. The van der Waals surface area contributed by atoms with E-state index < -0.39 is 50.2 Å². The molecule has 0 aliphatic carbocycles. The summed E-state index contributed by atoms with van der Waals surface area (Å²) in [7, 11) is 5.94. The van der Waals surface area contributed by atoms with Gasteiger partial charge in [0.25, 0.3) is 17.7 Å². The third-order valence-electron chi connectivity index (χ3n) is 10.9. The van der Waals surface area contributed by atoms with Crippen molar-refractivity contribution in [2.24, 2.45) is 11.5 Å². The van der Waals surface area contributed by atoms with Crippen LogP contribution in [0.5, 0.6) is 0 Å². The number of amides is 3. The largest absolute Gasteiger partial charge is 0.501 e. The molecule has 0 bridgehead atoms. The van der Waals surface area contributed by atoms with Crippen LogP contribution in [0, 0.1) is 0 Å². The van der Waals surface area contributed by atoms with E-state index in [1.807, 2.05) is 0 Å². The zero-order chi connectivity index (χ0) is 56.0. The van der Waals surface area contributed by atoms with Crippen molar-refractivity contribution in [3.63, 3.8) is 0 Å². The van der Waals surface area contributed by atoms with Crippen molar-refractivity contribution in [2.75, 3.05) is 96.7 Å². The van der Waals surface area contributed by atoms with Gasteiger partial charge < -0.3 is 88.0 Å². The predicted molar refractivity (Wildman–Crippen MR) is 292 cm³/mol. The van der Waals surface area contributed by atoms with Gasteiger partial charge in [-0.3, -0.25) is 14.4 Å². The Hall–Kier alpha value is -5.19. The number of carboxylic acid groups (broad SMARTS) is 1. The molecule has 0 radical (unpaired) electrons. The molecule has 0 unspecified atom stereocenters. The third kappa shape index (κ3) is 26.2. The van der Waals surface area contributed by atoms with Gasteiger partial charge in [0.2, 0.25) is 0 Å². The van der Waals surface area contributed by atoms with E-state index in [1.165, 1.54) is 74.1 Å². The highest BCUT2D eigenvalue weighted by molar-refractivity contribution is 6.61. The van der Waals surface area contributed by atoms with Crippen LogP contribution < -0.4 is 27.4 Å². The van der Waals surface area contributed by atoms with Gasteiger partial charge in [-0.1, -0.05) is 75.9 Å². The summed E-state index contributed by atoms with van der Waals surface area (Å²) in [6.07, 6.45) is 6.83. The predicted octanol–water partition coefficient (Wildman–Crippen LogP) is 3.51. The van der Waals surface area contributed by atoms with E-state index in [9.17, 15) is 28.8 Å². The molecule has 0 aromatic heterocycles. The number of ether oxygens (including phenoxy) is 1. The van der Waals surface area contributed by atoms with Gasteiger partial charge in [0.05, 0.1) is 33.4 Å². The number of carbonyl (C=O) groups is 6. The van der Waals surface area contributed by atoms with E-state index >= 15 is 0 Å². The van der Waals surface area contributed by atoms with E-state index in [1.54, 1.807) is 82.0 Å². The molecule has 432 valence electrons. The molecule has 4 rings (SSSR count). The highest BCUT2D eigenvalue weighted by Gasteiger charge is 2.39. The molecule has 24 nitrogen and oxygen atoms in total. The van der Waals surface area contributed by atoms with Crippen molar-refractivity contribution in [1.29, 1.82) is 0 Å². The summed E-state index contributed by atoms with van der Waals surface area (Å²) >= 11 is 0. The number of carboxylic acids is 1. The topological polar surface area (TPSA) is 366 Å². The Morgan fingerprint density at radius 3 is 1.05 bits per heavy atom. The first-order valence-corrected chi connectivity index (χ1v) is 29.7. The van der Waals surface area contributed by atoms with Gasteiger partial charge in [0, 0.05) is 102 Å². The highest BCUT2D eigenvalue weighted by atomic mass is 28.4. The van der Waals surface area contributed by atoms with Crippen molar-refractivity contribution in [2.45, 2.75) is 70.5 Å². The van der Waals surface area contributed by atoms with Crippen molar-refractivity contribution in [3.8, 4) is 0 Å². The maximum absolute atomic E-state index is 12.5. The molecule has 3 aromatic rings. The Morgan fingerprint density at radius 2 is 0.763 bits per heavy atom. The molecule has 0 fully saturated rings. The highest BCUT2D eigenvalue weighted by Crippen LogP contribution is 2.19. The van der Waals surface area contributed by atoms with Crippen LogP contribution in [0.3, 0.4) is 0 Å². The molecule has 12 N–H and O–H groups in total. The third-order valence-corrected chi connectivity index (χ3v) is 19.2. The van der Waals surface area contributed by atoms with E-state index in [0.29, 0.717) is 60.0 Å². The maximum atomic E-state index is 12.5. The summed E-state index contributed by atoms with van der Waals surface area (Å²) in [5.74, 6) is -3.25. The van der Waals surface area contributed by atoms with Gasteiger partial charge in [-0.15, -0.1) is 0 Å². The molecule has 1 heterocycles. The van der Waals surface area contributed by atoms with Gasteiger partial charge >= 0.3 is 44.3 Å². The van der Waals surface area contributed by atoms with Gasteiger partial charge in [0.1, 0.15) is 0 Å². The van der Waals surface area contributed by atoms with Crippen LogP contribution in [-0.4, -0.2) is 175 Å². The fourth-order valence-electron chi connectivity index (χ4n) is 6.54. The second-order valence-electron chi connectivity index (χ2n) is 15.5. The number of nitrogens with one attached hydrogen (secondary N) is 3. The first kappa shape index (κ1) is 75.0. The summed E-state index contributed by atoms with van der Waals surface area (Å²) in [5.41, 5.74) is 12.1. The zero-order valence-electron chi connectivity index (χ0n) is 46.0. The average Bonchev–Trinajstić information content (AvgIpc) is 3.73. The quantitative estimate of drug-likeness (QED) is 0.0262. The Kier molecular flexibility index (Phi) is 42.3. The molecule has 0 atom stereocenters. The van der Waals surface area contributed by atoms with Crippen LogP contribution in [0.4, 0.5) is 0 Å². The number of nitrogens with two attached hydrogens (primary N) is 2. The lowest BCUT2D eigenvalue weighted by Gasteiger charge is -2.24. The number of hydrogen-bond donors (Lipinski definition) is 6. The lowest BCUT2D eigenvalue weighted by atomic mass is 10.1. The molecule has 3 amide bonds. The number of carbonyl (C=O) groups excluding carboxylic acids is 5. The van der Waals surface area contributed by atoms with Gasteiger partial charge in [-0.25, -0.2) is 14.4 Å². The Labute approximate surface area is 450 Å². The van der Waals surface area contributed by atoms with Crippen molar-refractivity contribution >= 4 is 62.0 Å². The van der Waals surface area contributed by atoms with Gasteiger partial charge in [0.15, 0.2) is 0 Å². The first-order valence-electron chi connectivity index (χ1n) is 24.0. The number of unbranched alkanes of at least 4 members (excludes halogenated alkanes) is 4. The number of benzene rings is 3. The van der Waals surface area contributed by atoms with Crippen molar-refractivity contribution < 1.29 is 89.4 Å². The first-order chi connectivity index (χ1) is 35.5. The van der Waals surface area contributed by atoms with Crippen LogP contribution in [0.1, 0.15) is 115 Å². The van der Waals surface area contributed by atoms with E-state index in [-0.39, 0.29) is 40.4 Å². The van der Waals surface area contributed by atoms with Gasteiger partial charge in [-0.05, 0) is 62.3 Å². The average molecular weight is 1130 g/mol. The normalized spacial score (nSPS) is 11.3. The van der Waals surface area contributed by atoms with Gasteiger partial charge in [-0.2, -0.15) is 0 Å². The summed E-state index contributed by atoms with van der Waals surface area (Å²) in [4.78, 5) is 69.6. The Morgan fingerprint density at radius 1 is 0.461 bits per heavy atom. The summed E-state index contributed by atoms with van der Waals surface area (Å²) in [5, 5.41) is 17.4. The number of fused-ring (bicyclic) bond motifs is 1. The molecule has 76 heavy (non-hydrogen) atoms. The van der Waals surface area contributed by atoms with Crippen LogP contribution in [0.25, 0.3) is 0 Å². The lowest BCUT2D eigenvalue weighted by molar-refractivity contribution is 0.0442. The number of aromatic carboxylic acids is 1. The standard InChI is InChI=1S/C18H30N2O5Si.C13H19NO6Si.C8H4O3.C5H15NO3Si.C5H13N.2H2O/c1-5-6-9-12-19-17(21)15-10-7-8-11-16(15)18(22)20-13-14-26(23-2,24-3)25-4;1-18-21(19-2,20-3)9-8-14-12(15)10-6-4-5-7-11(10)13(16)17;9-7-5-3-1-2-4-6(5)8(10)11-7;1-7-10(8-2,9-3)5-4-6;1-2-3-4-5-6;;/h7-8,10-11H,5-6,9,12-14H2,1-4H3,(H,19,21)(H,20,22);4-7H,8-9H2,1-3H3,(H,14,15)(H,16,17);1-4H;4-6H2,1-3H3;2-6H2,1H3;2*1H2. The second-order valence-corrected chi connectivity index (χ2v) is 24.8. The van der Waals surface area contributed by atoms with Crippen LogP contribution in [-0.2, 0) is 44.6 Å². The monoisotopic (exact) mass is 1130 g/mol. The molecular weight excluding hydrogens is 1050 g/mol. The smallest absolute Gasteiger partial charge is 0.478 e. The second kappa shape index (κ2) is 42.9. The van der Waals surface area contributed by atoms with Crippen LogP contribution in [0.2, 0.25) is 18.1 Å². The summed E-state index contributed by atoms with van der Waals surface area (Å²) in [6, 6.07) is 20.8. The maximum Gasteiger partial charge on any atom is 0.501 e. The molecule has 1 aliphatic heterocycles. The minimum Gasteiger partial charge on any atom is -0.478 e. The molecule has 27 heteroatoms. The van der Waals surface area contributed by atoms with Crippen LogP contribution in [0.15, 0.2) is 72.8 Å². The Balaban J connectivity index is -0.000000945. The molecule has 1 aliphatic rings. The van der Waals surface area contributed by atoms with Crippen LogP contribution >= 0.6 is 0 Å². The summed E-state index contributed by atoms with van der Waals surface area (Å²) in [6.45, 7) is 6.86. The fourth-order valence-corrected chi connectivity index (χ4v) is 11.1. The molecular formula is C49H85N5O19Si3. The SMILES string of the molecule is CCCCCN.CCCCCNC(=O)c1ccccc1C(=O)NCC[Si](OC)(OC)OC.CO[Si](CCN)(OC)OC.CO[Si](CCNC(=O)c1ccccc1C(=O)O)(OC)OC.O.O.O=C1OC(=O)c2ccccc21. The zero-order valence-corrected chi connectivity index (χ0v) is 49.0. The molecule has 0 saturated carbocycles. The molecule has 0 saturated heterocycles. The number of cyclic esters (lactones) is 2. The summed E-state index contributed by atoms with van der Waals surface area (Å²) < 4.78 is 51.3. The fraction of sp³-hybridized carbons (Fsp3) is 0.510. The molecule has 3 aromatic carbocycles. The van der Waals surface area contributed by atoms with Crippen molar-refractivity contribution in [3.05, 3.63) is 106 Å². The number of hydrogen-bond acceptors (Lipinski definition) is 18. The lowest BCUT2D eigenvalue weighted by Crippen LogP contribution is -2.45. The Bertz CT molecular complexity index is 2050. The minimum atomic E-state index is -2.75. The molecule has 0 spiro atoms. The van der Waals surface area contributed by atoms with Crippen molar-refractivity contribution in [1.82, 2.24) is 16.0 Å². The minimum absolute atomic E-state index is 0. The number of esters is 2.